The van der Waals surface area contributed by atoms with Crippen molar-refractivity contribution in [1.29, 1.82) is 0 Å². The molecule has 0 amide bonds. The molecule has 114 valence electrons. The smallest absolute Gasteiger partial charge is 0.225 e. The van der Waals surface area contributed by atoms with Crippen LogP contribution in [0.4, 0.5) is 5.82 Å². The van der Waals surface area contributed by atoms with E-state index >= 15 is 0 Å². The van der Waals surface area contributed by atoms with Crippen molar-refractivity contribution in [3.63, 3.8) is 0 Å². The highest BCUT2D eigenvalue weighted by molar-refractivity contribution is 7.88. The van der Waals surface area contributed by atoms with Crippen molar-refractivity contribution >= 4 is 49.0 Å². The Morgan fingerprint density at radius 3 is 2.52 bits per heavy atom. The van der Waals surface area contributed by atoms with Gasteiger partial charge in [0, 0.05) is 31.1 Å². The van der Waals surface area contributed by atoms with Crippen LogP contribution in [0.2, 0.25) is 5.28 Å². The number of fused-ring (bicyclic) bond motifs is 1. The fourth-order valence-corrected chi connectivity index (χ4v) is 4.39. The number of nitrogens with zero attached hydrogens (tertiary/aromatic N) is 4. The number of halogens is 1. The number of piperazine rings is 1. The monoisotopic (exact) mass is 346 g/mol. The Hall–Kier alpha value is -0.960. The minimum Gasteiger partial charge on any atom is -0.353 e. The van der Waals surface area contributed by atoms with Gasteiger partial charge in [-0.3, -0.25) is 0 Å². The summed E-state index contributed by atoms with van der Waals surface area (Å²) in [7, 11) is -3.13. The van der Waals surface area contributed by atoms with Crippen LogP contribution >= 0.6 is 22.9 Å². The summed E-state index contributed by atoms with van der Waals surface area (Å²) >= 11 is 7.59. The van der Waals surface area contributed by atoms with Crippen molar-refractivity contribution in [1.82, 2.24) is 14.3 Å². The van der Waals surface area contributed by atoms with Gasteiger partial charge >= 0.3 is 0 Å². The van der Waals surface area contributed by atoms with Gasteiger partial charge in [-0.05, 0) is 24.6 Å². The van der Waals surface area contributed by atoms with Crippen molar-refractivity contribution in [2.75, 3.05) is 37.3 Å². The quantitative estimate of drug-likeness (QED) is 0.775. The Morgan fingerprint density at radius 1 is 1.24 bits per heavy atom. The fraction of sp³-hybridized carbons (Fsp3) is 0.500. The van der Waals surface area contributed by atoms with E-state index in [1.165, 1.54) is 10.6 Å². The number of anilines is 1. The van der Waals surface area contributed by atoms with E-state index in [1.807, 2.05) is 6.92 Å². The Labute approximate surface area is 132 Å². The summed E-state index contributed by atoms with van der Waals surface area (Å²) in [5.74, 6) is 0.794. The summed E-state index contributed by atoms with van der Waals surface area (Å²) in [6.45, 7) is 4.15. The van der Waals surface area contributed by atoms with E-state index in [4.69, 9.17) is 11.6 Å². The number of sulfonamides is 1. The first kappa shape index (κ1) is 15.0. The van der Waals surface area contributed by atoms with E-state index in [0.717, 1.165) is 20.9 Å². The first-order valence-electron chi connectivity index (χ1n) is 6.48. The number of aromatic nitrogens is 2. The molecule has 9 heteroatoms. The molecule has 0 unspecified atom stereocenters. The second-order valence-corrected chi connectivity index (χ2v) is 8.60. The molecular formula is C12H15ClN4O2S2. The molecule has 0 aliphatic carbocycles. The van der Waals surface area contributed by atoms with E-state index in [0.29, 0.717) is 26.2 Å². The van der Waals surface area contributed by atoms with Crippen LogP contribution in [0, 0.1) is 6.92 Å². The van der Waals surface area contributed by atoms with Gasteiger partial charge in [-0.2, -0.15) is 9.29 Å². The molecule has 0 saturated carbocycles. The number of hydrogen-bond acceptors (Lipinski definition) is 6. The molecule has 0 atom stereocenters. The predicted octanol–water partition coefficient (Wildman–Crippen LogP) is 1.73. The molecule has 2 aromatic heterocycles. The maximum Gasteiger partial charge on any atom is 0.225 e. The van der Waals surface area contributed by atoms with Crippen LogP contribution in [0.5, 0.6) is 0 Å². The van der Waals surface area contributed by atoms with E-state index in [1.54, 1.807) is 11.3 Å². The number of hydrogen-bond donors (Lipinski definition) is 0. The van der Waals surface area contributed by atoms with Crippen molar-refractivity contribution in [2.24, 2.45) is 0 Å². The molecule has 2 aromatic rings. The molecule has 21 heavy (non-hydrogen) atoms. The molecule has 1 aliphatic rings. The molecule has 0 bridgehead atoms. The molecule has 1 saturated heterocycles. The molecule has 1 fully saturated rings. The lowest BCUT2D eigenvalue weighted by molar-refractivity contribution is 0.387. The highest BCUT2D eigenvalue weighted by Crippen LogP contribution is 2.32. The number of aryl methyl sites for hydroxylation is 1. The predicted molar refractivity (Wildman–Crippen MR) is 85.8 cm³/mol. The first-order valence-corrected chi connectivity index (χ1v) is 9.52. The second-order valence-electron chi connectivity index (χ2n) is 5.04. The minimum atomic E-state index is -3.13. The lowest BCUT2D eigenvalue weighted by atomic mass is 10.3. The molecule has 0 aromatic carbocycles. The number of rotatable bonds is 2. The first-order chi connectivity index (χ1) is 9.84. The SMILES string of the molecule is Cc1cc2c(N3CCN(S(C)(=O)=O)CC3)nc(Cl)nc2s1. The zero-order valence-electron chi connectivity index (χ0n) is 11.7. The van der Waals surface area contributed by atoms with Crippen LogP contribution in [-0.2, 0) is 10.0 Å². The molecule has 0 spiro atoms. The van der Waals surface area contributed by atoms with E-state index < -0.39 is 10.0 Å². The summed E-state index contributed by atoms with van der Waals surface area (Å²) in [5.41, 5.74) is 0. The van der Waals surface area contributed by atoms with Crippen LogP contribution in [0.3, 0.4) is 0 Å². The largest absolute Gasteiger partial charge is 0.353 e. The highest BCUT2D eigenvalue weighted by Gasteiger charge is 2.25. The average molecular weight is 347 g/mol. The highest BCUT2D eigenvalue weighted by atomic mass is 35.5. The van der Waals surface area contributed by atoms with Gasteiger partial charge in [0.1, 0.15) is 10.6 Å². The van der Waals surface area contributed by atoms with Gasteiger partial charge in [0.15, 0.2) is 0 Å². The van der Waals surface area contributed by atoms with Gasteiger partial charge in [0.05, 0.1) is 11.6 Å². The lowest BCUT2D eigenvalue weighted by Gasteiger charge is -2.34. The molecule has 3 heterocycles. The van der Waals surface area contributed by atoms with Crippen molar-refractivity contribution in [3.05, 3.63) is 16.2 Å². The van der Waals surface area contributed by atoms with Gasteiger partial charge in [0.2, 0.25) is 15.3 Å². The minimum absolute atomic E-state index is 0.227. The third-order valence-electron chi connectivity index (χ3n) is 3.48. The molecule has 1 aliphatic heterocycles. The third kappa shape index (κ3) is 2.98. The Bertz CT molecular complexity index is 782. The van der Waals surface area contributed by atoms with E-state index in [9.17, 15) is 8.42 Å². The average Bonchev–Trinajstić information content (AvgIpc) is 2.77. The molecule has 6 nitrogen and oxygen atoms in total. The summed E-state index contributed by atoms with van der Waals surface area (Å²) in [6, 6.07) is 2.05. The Balaban J connectivity index is 1.92. The van der Waals surface area contributed by atoms with Crippen LogP contribution in [0.15, 0.2) is 6.07 Å². The Kier molecular flexibility index (Phi) is 3.81. The standard InChI is InChI=1S/C12H15ClN4O2S2/c1-8-7-9-10(14-12(13)15-11(9)20-8)16-3-5-17(6-4-16)21(2,18)19/h7H,3-6H2,1-2H3. The van der Waals surface area contributed by atoms with Crippen LogP contribution in [-0.4, -0.2) is 55.1 Å². The summed E-state index contributed by atoms with van der Waals surface area (Å²) < 4.78 is 24.6. The summed E-state index contributed by atoms with van der Waals surface area (Å²) in [4.78, 5) is 12.7. The van der Waals surface area contributed by atoms with Gasteiger partial charge in [-0.15, -0.1) is 11.3 Å². The van der Waals surface area contributed by atoms with E-state index in [2.05, 4.69) is 20.9 Å². The molecule has 0 N–H and O–H groups in total. The van der Waals surface area contributed by atoms with Crippen LogP contribution in [0.1, 0.15) is 4.88 Å². The summed E-state index contributed by atoms with van der Waals surface area (Å²) in [6.07, 6.45) is 1.24. The topological polar surface area (TPSA) is 66.4 Å². The van der Waals surface area contributed by atoms with Gasteiger partial charge in [-0.1, -0.05) is 0 Å². The second kappa shape index (κ2) is 5.35. The maximum absolute atomic E-state index is 11.6. The van der Waals surface area contributed by atoms with Gasteiger partial charge < -0.3 is 4.90 Å². The molecule has 0 radical (unpaired) electrons. The van der Waals surface area contributed by atoms with Crippen LogP contribution in [0.25, 0.3) is 10.2 Å². The zero-order chi connectivity index (χ0) is 15.2. The summed E-state index contributed by atoms with van der Waals surface area (Å²) in [5, 5.41) is 1.21. The van der Waals surface area contributed by atoms with Crippen LogP contribution < -0.4 is 4.90 Å². The van der Waals surface area contributed by atoms with Gasteiger partial charge in [0.25, 0.3) is 0 Å². The van der Waals surface area contributed by atoms with E-state index in [-0.39, 0.29) is 5.28 Å². The van der Waals surface area contributed by atoms with Crippen molar-refractivity contribution < 1.29 is 8.42 Å². The maximum atomic E-state index is 11.6. The zero-order valence-corrected chi connectivity index (χ0v) is 14.1. The molecule has 3 rings (SSSR count). The third-order valence-corrected chi connectivity index (χ3v) is 5.89. The number of thiophene rings is 1. The van der Waals surface area contributed by atoms with Crippen molar-refractivity contribution in [2.45, 2.75) is 6.92 Å². The Morgan fingerprint density at radius 2 is 1.90 bits per heavy atom. The lowest BCUT2D eigenvalue weighted by Crippen LogP contribution is -2.48. The fourth-order valence-electron chi connectivity index (χ4n) is 2.47. The normalized spacial score (nSPS) is 17.6. The van der Waals surface area contributed by atoms with Crippen molar-refractivity contribution in [3.8, 4) is 0 Å². The molecular weight excluding hydrogens is 332 g/mol. The van der Waals surface area contributed by atoms with Gasteiger partial charge in [-0.25, -0.2) is 13.4 Å².